The third kappa shape index (κ3) is 4.11. The number of benzene rings is 2. The van der Waals surface area contributed by atoms with E-state index < -0.39 is 67.6 Å². The second-order valence-corrected chi connectivity index (χ2v) is 7.43. The fourth-order valence-electron chi connectivity index (χ4n) is 2.81. The van der Waals surface area contributed by atoms with E-state index in [0.29, 0.717) is 0 Å². The first-order chi connectivity index (χ1) is 14.3. The molecule has 0 aliphatic rings. The Morgan fingerprint density at radius 1 is 0.750 bits per heavy atom. The van der Waals surface area contributed by atoms with Crippen LogP contribution < -0.4 is 0 Å². The minimum atomic E-state index is -7.19. The van der Waals surface area contributed by atoms with E-state index in [1.165, 1.54) is 6.07 Å². The first-order valence-corrected chi connectivity index (χ1v) is 8.99. The number of rotatable bonds is 3. The zero-order chi connectivity index (χ0) is 24.9. The van der Waals surface area contributed by atoms with Crippen molar-refractivity contribution in [3.8, 4) is 17.2 Å². The molecule has 1 unspecified atom stereocenters. The van der Waals surface area contributed by atoms with Crippen LogP contribution in [0.4, 0.5) is 52.7 Å². The summed E-state index contributed by atoms with van der Waals surface area (Å²) >= 11 is 0.936. The van der Waals surface area contributed by atoms with Gasteiger partial charge in [-0.05, 0) is 40.8 Å². The molecule has 174 valence electrons. The van der Waals surface area contributed by atoms with Gasteiger partial charge in [0.15, 0.2) is 0 Å². The Kier molecular flexibility index (Phi) is 6.51. The average Bonchev–Trinajstić information content (AvgIpc) is 2.64. The molecule has 0 fully saturated rings. The van der Waals surface area contributed by atoms with Gasteiger partial charge in [-0.25, -0.2) is 4.39 Å². The molecule has 1 atom stereocenters. The Labute approximate surface area is 184 Å². The highest BCUT2D eigenvalue weighted by molar-refractivity contribution is 14.1. The molecule has 0 saturated heterocycles. The molecule has 2 aromatic carbocycles. The molecule has 0 N–H and O–H groups in total. The Morgan fingerprint density at radius 3 is 1.72 bits per heavy atom. The summed E-state index contributed by atoms with van der Waals surface area (Å²) in [7, 11) is 0. The number of hydrogen-bond acceptors (Lipinski definition) is 1. The number of hydrogen-bond donors (Lipinski definition) is 0. The number of nitriles is 1. The average molecular weight is 591 g/mol. The van der Waals surface area contributed by atoms with Crippen molar-refractivity contribution in [1.29, 1.82) is 5.26 Å². The second kappa shape index (κ2) is 7.99. The van der Waals surface area contributed by atoms with Gasteiger partial charge in [0, 0.05) is 20.3 Å². The van der Waals surface area contributed by atoms with E-state index >= 15 is 4.39 Å². The minimum Gasteiger partial charge on any atom is -0.221 e. The third-order valence-corrected chi connectivity index (χ3v) is 5.14. The predicted octanol–water partition coefficient (Wildman–Crippen LogP) is 7.77. The van der Waals surface area contributed by atoms with E-state index in [1.54, 1.807) is 0 Å². The number of nitrogens with zero attached hydrogens (tertiary/aromatic N) is 1. The quantitative estimate of drug-likeness (QED) is 0.265. The fourth-order valence-corrected chi connectivity index (χ4v) is 3.73. The fraction of sp³-hybridized carbons (Fsp3) is 0.278. The zero-order valence-electron chi connectivity index (χ0n) is 14.8. The molecule has 0 aromatic heterocycles. The Balaban J connectivity index is 3.18. The van der Waals surface area contributed by atoms with Crippen LogP contribution >= 0.6 is 22.6 Å². The summed E-state index contributed by atoms with van der Waals surface area (Å²) < 4.78 is 161. The van der Waals surface area contributed by atoms with Gasteiger partial charge in [-0.2, -0.15) is 53.6 Å². The van der Waals surface area contributed by atoms with Gasteiger partial charge in [0.2, 0.25) is 0 Å². The third-order valence-electron chi connectivity index (χ3n) is 4.28. The largest absolute Gasteiger partial charge is 0.457 e. The number of alkyl halides is 12. The first kappa shape index (κ1) is 26.1. The SMILES string of the molecule is N#Cc1ccccc1-c1c(I)cc(C(F)(F)F)cc1C(F)(C(F)(F)F)C(F)(F)C(F)(F)F. The van der Waals surface area contributed by atoms with Crippen molar-refractivity contribution < 1.29 is 52.7 Å². The Bertz CT molecular complexity index is 1060. The van der Waals surface area contributed by atoms with Crippen LogP contribution in [0.25, 0.3) is 11.1 Å². The minimum absolute atomic E-state index is 0.135. The van der Waals surface area contributed by atoms with Gasteiger partial charge in [-0.3, -0.25) is 0 Å². The lowest BCUT2D eigenvalue weighted by Crippen LogP contribution is -2.60. The van der Waals surface area contributed by atoms with Gasteiger partial charge in [-0.15, -0.1) is 0 Å². The van der Waals surface area contributed by atoms with E-state index in [0.717, 1.165) is 46.9 Å². The molecular weight excluding hydrogens is 585 g/mol. The summed E-state index contributed by atoms with van der Waals surface area (Å²) in [5.74, 6) is -7.19. The van der Waals surface area contributed by atoms with Crippen molar-refractivity contribution in [2.75, 3.05) is 0 Å². The summed E-state index contributed by atoms with van der Waals surface area (Å²) in [5, 5.41) is 9.12. The molecule has 0 aliphatic carbocycles. The van der Waals surface area contributed by atoms with Crippen LogP contribution in [0.15, 0.2) is 36.4 Å². The summed E-state index contributed by atoms with van der Waals surface area (Å²) in [6.45, 7) is 0. The standard InChI is InChI=1S/C18H6F12IN/c19-14(17(25,26)27,16(23,24)18(28,29)30)11-5-9(15(20,21)22)6-12(31)13(11)10-4-2-1-3-8(10)7-32/h1-6H. The molecule has 1 nitrogen and oxygen atoms in total. The predicted molar refractivity (Wildman–Crippen MR) is 94.2 cm³/mol. The molecule has 0 aliphatic heterocycles. The highest BCUT2D eigenvalue weighted by Gasteiger charge is 2.82. The molecule has 32 heavy (non-hydrogen) atoms. The topological polar surface area (TPSA) is 23.8 Å². The van der Waals surface area contributed by atoms with E-state index in [-0.39, 0.29) is 6.07 Å². The van der Waals surface area contributed by atoms with E-state index in [4.69, 9.17) is 5.26 Å². The highest BCUT2D eigenvalue weighted by atomic mass is 127. The van der Waals surface area contributed by atoms with Crippen LogP contribution in [0, 0.1) is 14.9 Å². The van der Waals surface area contributed by atoms with Crippen LogP contribution in [-0.2, 0) is 11.8 Å². The van der Waals surface area contributed by atoms with E-state index in [1.807, 2.05) is 0 Å². The summed E-state index contributed by atoms with van der Waals surface area (Å²) in [4.78, 5) is 0. The molecule has 2 aromatic rings. The molecular formula is C18H6F12IN. The van der Waals surface area contributed by atoms with Crippen molar-refractivity contribution in [3.63, 3.8) is 0 Å². The molecule has 2 rings (SSSR count). The Hall–Kier alpha value is -2.18. The monoisotopic (exact) mass is 591 g/mol. The van der Waals surface area contributed by atoms with E-state index in [2.05, 4.69) is 0 Å². The second-order valence-electron chi connectivity index (χ2n) is 6.26. The summed E-state index contributed by atoms with van der Waals surface area (Å²) in [5.41, 5.74) is -14.1. The van der Waals surface area contributed by atoms with Gasteiger partial charge >= 0.3 is 30.1 Å². The van der Waals surface area contributed by atoms with Gasteiger partial charge in [0.05, 0.1) is 17.2 Å². The normalized spacial score (nSPS) is 15.2. The van der Waals surface area contributed by atoms with Crippen LogP contribution in [0.2, 0.25) is 0 Å². The zero-order valence-corrected chi connectivity index (χ0v) is 17.0. The van der Waals surface area contributed by atoms with Crippen LogP contribution in [0.5, 0.6) is 0 Å². The molecule has 0 bridgehead atoms. The van der Waals surface area contributed by atoms with Crippen LogP contribution in [0.1, 0.15) is 16.7 Å². The van der Waals surface area contributed by atoms with Gasteiger partial charge < -0.3 is 0 Å². The number of halogens is 13. The highest BCUT2D eigenvalue weighted by Crippen LogP contribution is 2.60. The summed E-state index contributed by atoms with van der Waals surface area (Å²) in [6, 6.07) is 4.63. The van der Waals surface area contributed by atoms with Crippen molar-refractivity contribution in [2.45, 2.75) is 30.1 Å². The molecule has 0 saturated carbocycles. The Morgan fingerprint density at radius 2 is 1.28 bits per heavy atom. The summed E-state index contributed by atoms with van der Waals surface area (Å²) in [6.07, 6.45) is -19.7. The smallest absolute Gasteiger partial charge is 0.221 e. The van der Waals surface area contributed by atoms with Gasteiger partial charge in [0.1, 0.15) is 0 Å². The molecule has 0 amide bonds. The molecule has 14 heteroatoms. The maximum absolute atomic E-state index is 15.2. The maximum atomic E-state index is 15.2. The van der Waals surface area contributed by atoms with Gasteiger partial charge in [0.25, 0.3) is 0 Å². The lowest BCUT2D eigenvalue weighted by atomic mass is 9.81. The van der Waals surface area contributed by atoms with Crippen molar-refractivity contribution in [1.82, 2.24) is 0 Å². The van der Waals surface area contributed by atoms with Gasteiger partial charge in [-0.1, -0.05) is 18.2 Å². The maximum Gasteiger partial charge on any atom is 0.457 e. The van der Waals surface area contributed by atoms with Crippen molar-refractivity contribution in [3.05, 3.63) is 56.7 Å². The van der Waals surface area contributed by atoms with Crippen LogP contribution in [0.3, 0.4) is 0 Å². The van der Waals surface area contributed by atoms with Crippen molar-refractivity contribution >= 4 is 22.6 Å². The molecule has 0 spiro atoms. The lowest BCUT2D eigenvalue weighted by Gasteiger charge is -2.37. The van der Waals surface area contributed by atoms with Crippen LogP contribution in [-0.4, -0.2) is 18.3 Å². The molecule has 0 radical (unpaired) electrons. The molecule has 0 heterocycles. The van der Waals surface area contributed by atoms with E-state index in [9.17, 15) is 48.3 Å². The first-order valence-electron chi connectivity index (χ1n) is 7.91. The lowest BCUT2D eigenvalue weighted by molar-refractivity contribution is -0.389. The van der Waals surface area contributed by atoms with Crippen molar-refractivity contribution in [2.24, 2.45) is 0 Å².